The summed E-state index contributed by atoms with van der Waals surface area (Å²) < 4.78 is 61.8. The third kappa shape index (κ3) is 6.49. The molecule has 0 radical (unpaired) electrons. The summed E-state index contributed by atoms with van der Waals surface area (Å²) in [7, 11) is 2.04. The number of aromatic nitrogens is 3. The number of ether oxygens (including phenoxy) is 1. The molecule has 3 aliphatic rings. The predicted molar refractivity (Wildman–Crippen MR) is 150 cm³/mol. The van der Waals surface area contributed by atoms with Crippen LogP contribution in [0.25, 0.3) is 0 Å². The number of fused-ring (bicyclic) bond motifs is 1. The molecule has 0 bridgehead atoms. The topological polar surface area (TPSA) is 84.7 Å². The van der Waals surface area contributed by atoms with Crippen LogP contribution in [0.4, 0.5) is 29.1 Å². The van der Waals surface area contributed by atoms with Gasteiger partial charge in [0.1, 0.15) is 23.8 Å². The van der Waals surface area contributed by atoms with E-state index in [9.17, 15) is 22.8 Å². The lowest BCUT2D eigenvalue weighted by atomic mass is 10.0. The third-order valence-electron chi connectivity index (χ3n) is 8.10. The number of allylic oxidation sites excluding steroid dienone is 1. The molecule has 14 heteroatoms. The van der Waals surface area contributed by atoms with Gasteiger partial charge in [0, 0.05) is 50.2 Å². The molecular formula is C28H33ClF4N8O. The second kappa shape index (κ2) is 12.5. The molecule has 3 aliphatic heterocycles. The summed E-state index contributed by atoms with van der Waals surface area (Å²) in [6.45, 7) is 4.50. The van der Waals surface area contributed by atoms with E-state index >= 15 is 0 Å². The number of anilines is 2. The Morgan fingerprint density at radius 1 is 1.17 bits per heavy atom. The van der Waals surface area contributed by atoms with Crippen molar-refractivity contribution in [3.05, 3.63) is 46.3 Å². The van der Waals surface area contributed by atoms with Crippen LogP contribution in [0.3, 0.4) is 0 Å². The predicted octanol–water partition coefficient (Wildman–Crippen LogP) is 4.81. The number of hydrogen-bond acceptors (Lipinski definition) is 9. The number of nitriles is 1. The highest BCUT2D eigenvalue weighted by Gasteiger charge is 2.39. The maximum absolute atomic E-state index is 14.0. The number of pyridine rings is 1. The first kappa shape index (κ1) is 30.1. The summed E-state index contributed by atoms with van der Waals surface area (Å²) in [6.07, 6.45) is 1.59. The molecule has 2 unspecified atom stereocenters. The van der Waals surface area contributed by atoms with Crippen molar-refractivity contribution in [1.29, 1.82) is 5.26 Å². The molecule has 5 heterocycles. The van der Waals surface area contributed by atoms with Gasteiger partial charge in [-0.15, -0.1) is 0 Å². The zero-order valence-electron chi connectivity index (χ0n) is 23.5. The molecule has 0 N–H and O–H groups in total. The van der Waals surface area contributed by atoms with Crippen LogP contribution in [0.15, 0.2) is 24.4 Å². The fourth-order valence-corrected chi connectivity index (χ4v) is 6.23. The summed E-state index contributed by atoms with van der Waals surface area (Å²) in [5.41, 5.74) is 0.352. The van der Waals surface area contributed by atoms with Crippen molar-refractivity contribution in [2.45, 2.75) is 57.4 Å². The van der Waals surface area contributed by atoms with Crippen LogP contribution in [0.2, 0.25) is 5.02 Å². The van der Waals surface area contributed by atoms with Gasteiger partial charge in [0.15, 0.2) is 0 Å². The van der Waals surface area contributed by atoms with Crippen molar-refractivity contribution in [2.75, 3.05) is 56.2 Å². The van der Waals surface area contributed by atoms with Gasteiger partial charge in [0.25, 0.3) is 0 Å². The van der Waals surface area contributed by atoms with Gasteiger partial charge in [0.2, 0.25) is 0 Å². The highest BCUT2D eigenvalue weighted by molar-refractivity contribution is 6.31. The normalized spacial score (nSPS) is 21.9. The Morgan fingerprint density at radius 2 is 1.98 bits per heavy atom. The van der Waals surface area contributed by atoms with Crippen molar-refractivity contribution in [1.82, 2.24) is 24.8 Å². The molecule has 5 rings (SSSR count). The Bertz CT molecular complexity index is 1360. The van der Waals surface area contributed by atoms with Crippen molar-refractivity contribution in [3.8, 4) is 12.1 Å². The first-order valence-electron chi connectivity index (χ1n) is 13.9. The Kier molecular flexibility index (Phi) is 8.94. The van der Waals surface area contributed by atoms with Gasteiger partial charge in [0.05, 0.1) is 47.7 Å². The molecule has 0 amide bonds. The minimum Gasteiger partial charge on any atom is -0.462 e. The second-order valence-corrected chi connectivity index (χ2v) is 11.4. The lowest BCUT2D eigenvalue weighted by Gasteiger charge is -2.42. The van der Waals surface area contributed by atoms with Gasteiger partial charge >= 0.3 is 12.2 Å². The standard InChI is InChI=1S/C28H33ClF4N8O/c1-18(30)14-39-10-11-41(15-19(39)5-7-34)26-21-6-9-40(24-13-35-12-22(29)25(24)28(31,32)33)16-23(21)36-27(37-26)42-17-20-4-3-8-38(20)2/h12-14,19-20H,3-6,8-11,15-17H2,1-2H3. The summed E-state index contributed by atoms with van der Waals surface area (Å²) in [5.74, 6) is 0.297. The molecule has 0 spiro atoms. The molecule has 2 saturated heterocycles. The van der Waals surface area contributed by atoms with Crippen LogP contribution < -0.4 is 14.5 Å². The van der Waals surface area contributed by atoms with Gasteiger partial charge in [-0.25, -0.2) is 4.39 Å². The Balaban J connectivity index is 1.48. The zero-order chi connectivity index (χ0) is 30.0. The largest absolute Gasteiger partial charge is 0.462 e. The van der Waals surface area contributed by atoms with Crippen LogP contribution in [-0.2, 0) is 19.1 Å². The second-order valence-electron chi connectivity index (χ2n) is 10.9. The SMILES string of the molecule is CC(F)=CN1CCN(c2nc(OCC3CCCN3C)nc3c2CCN(c2cncc(Cl)c2C(F)(F)F)C3)CC1CC#N. The van der Waals surface area contributed by atoms with Crippen LogP contribution in [-0.4, -0.2) is 83.2 Å². The lowest BCUT2D eigenvalue weighted by Crippen LogP contribution is -2.51. The number of likely N-dealkylation sites (tertiary alicyclic amines) is 1. The van der Waals surface area contributed by atoms with Crippen molar-refractivity contribution in [2.24, 2.45) is 0 Å². The molecule has 0 saturated carbocycles. The maximum Gasteiger partial charge on any atom is 0.419 e. The van der Waals surface area contributed by atoms with Gasteiger partial charge in [-0.05, 0) is 39.8 Å². The molecule has 9 nitrogen and oxygen atoms in total. The fourth-order valence-electron chi connectivity index (χ4n) is 5.97. The van der Waals surface area contributed by atoms with Crippen LogP contribution >= 0.6 is 11.6 Å². The first-order valence-corrected chi connectivity index (χ1v) is 14.3. The molecule has 42 heavy (non-hydrogen) atoms. The fraction of sp³-hybridized carbons (Fsp3) is 0.571. The number of rotatable bonds is 7. The molecule has 2 fully saturated rings. The third-order valence-corrected chi connectivity index (χ3v) is 8.39. The number of halogens is 5. The van der Waals surface area contributed by atoms with E-state index in [2.05, 4.69) is 20.9 Å². The monoisotopic (exact) mass is 608 g/mol. The van der Waals surface area contributed by atoms with Gasteiger partial charge in [-0.3, -0.25) is 4.98 Å². The van der Waals surface area contributed by atoms with Gasteiger partial charge in [-0.2, -0.15) is 28.4 Å². The summed E-state index contributed by atoms with van der Waals surface area (Å²) in [4.78, 5) is 21.1. The van der Waals surface area contributed by atoms with E-state index in [4.69, 9.17) is 21.3 Å². The maximum atomic E-state index is 14.0. The number of hydrogen-bond donors (Lipinski definition) is 0. The minimum absolute atomic E-state index is 0.0843. The average Bonchev–Trinajstić information content (AvgIpc) is 3.35. The Labute approximate surface area is 247 Å². The van der Waals surface area contributed by atoms with Crippen LogP contribution in [0.1, 0.15) is 43.0 Å². The minimum atomic E-state index is -4.66. The van der Waals surface area contributed by atoms with Crippen molar-refractivity contribution in [3.63, 3.8) is 0 Å². The van der Waals surface area contributed by atoms with Crippen LogP contribution in [0.5, 0.6) is 6.01 Å². The van der Waals surface area contributed by atoms with E-state index in [-0.39, 0.29) is 49.1 Å². The summed E-state index contributed by atoms with van der Waals surface area (Å²) in [5, 5.41) is 8.98. The van der Waals surface area contributed by atoms with E-state index in [1.165, 1.54) is 19.3 Å². The van der Waals surface area contributed by atoms with E-state index in [0.29, 0.717) is 44.2 Å². The molecule has 0 aliphatic carbocycles. The van der Waals surface area contributed by atoms with E-state index in [1.807, 2.05) is 16.8 Å². The summed E-state index contributed by atoms with van der Waals surface area (Å²) in [6, 6.07) is 2.31. The van der Waals surface area contributed by atoms with E-state index in [1.54, 1.807) is 4.90 Å². The van der Waals surface area contributed by atoms with Gasteiger partial charge in [-0.1, -0.05) is 11.6 Å². The number of alkyl halides is 3. The number of piperazine rings is 1. The molecule has 0 aromatic carbocycles. The molecule has 2 aromatic heterocycles. The van der Waals surface area contributed by atoms with E-state index in [0.717, 1.165) is 31.1 Å². The Hall–Kier alpha value is -3.37. The smallest absolute Gasteiger partial charge is 0.419 e. The number of likely N-dealkylation sites (N-methyl/N-ethyl adjacent to an activating group) is 1. The lowest BCUT2D eigenvalue weighted by molar-refractivity contribution is -0.137. The number of nitrogens with zero attached hydrogens (tertiary/aromatic N) is 8. The van der Waals surface area contributed by atoms with Crippen LogP contribution in [0, 0.1) is 11.3 Å². The average molecular weight is 609 g/mol. The van der Waals surface area contributed by atoms with E-state index < -0.39 is 16.8 Å². The summed E-state index contributed by atoms with van der Waals surface area (Å²) >= 11 is 5.96. The molecule has 2 aromatic rings. The quantitative estimate of drug-likeness (QED) is 0.411. The zero-order valence-corrected chi connectivity index (χ0v) is 24.3. The Morgan fingerprint density at radius 3 is 2.67 bits per heavy atom. The highest BCUT2D eigenvalue weighted by atomic mass is 35.5. The molecule has 226 valence electrons. The highest BCUT2D eigenvalue weighted by Crippen LogP contribution is 2.42. The molecular weight excluding hydrogens is 576 g/mol. The van der Waals surface area contributed by atoms with Crippen molar-refractivity contribution >= 4 is 23.1 Å². The van der Waals surface area contributed by atoms with Gasteiger partial charge < -0.3 is 24.3 Å². The molecule has 2 atom stereocenters. The van der Waals surface area contributed by atoms with Crippen molar-refractivity contribution < 1.29 is 22.3 Å². The first-order chi connectivity index (χ1) is 20.0.